The molecule has 0 radical (unpaired) electrons. The molecule has 1 N–H and O–H groups in total. The maximum absolute atomic E-state index is 11.9. The number of hydrogen-bond acceptors (Lipinski definition) is 3. The van der Waals surface area contributed by atoms with Crippen molar-refractivity contribution in [3.63, 3.8) is 0 Å². The summed E-state index contributed by atoms with van der Waals surface area (Å²) < 4.78 is 0. The lowest BCUT2D eigenvalue weighted by molar-refractivity contribution is -0.127. The number of rotatable bonds is 3. The molecular weight excluding hydrogens is 278 g/mol. The highest BCUT2D eigenvalue weighted by atomic mass is 16.2. The Kier molecular flexibility index (Phi) is 4.43. The van der Waals surface area contributed by atoms with Crippen molar-refractivity contribution in [2.24, 2.45) is 0 Å². The Balaban J connectivity index is 1.56. The van der Waals surface area contributed by atoms with Crippen LogP contribution in [-0.4, -0.2) is 54.0 Å². The predicted molar refractivity (Wildman–Crippen MR) is 84.6 cm³/mol. The van der Waals surface area contributed by atoms with Crippen LogP contribution in [0.5, 0.6) is 0 Å². The van der Waals surface area contributed by atoms with Gasteiger partial charge in [-0.05, 0) is 43.9 Å². The summed E-state index contributed by atoms with van der Waals surface area (Å²) in [7, 11) is 0. The van der Waals surface area contributed by atoms with E-state index in [9.17, 15) is 9.59 Å². The smallest absolute Gasteiger partial charge is 0.324 e. The molecule has 22 heavy (non-hydrogen) atoms. The molecule has 0 saturated carbocycles. The van der Waals surface area contributed by atoms with Crippen LogP contribution in [0.15, 0.2) is 24.3 Å². The number of carbonyl (C=O) groups excluding carboxylic acids is 2. The van der Waals surface area contributed by atoms with Gasteiger partial charge in [0.25, 0.3) is 5.91 Å². The first kappa shape index (κ1) is 15.0. The SMILES string of the molecule is CC1NC(=O)N(CCN2CCCc3ccccc3CC2)C1=O. The van der Waals surface area contributed by atoms with Gasteiger partial charge in [0.05, 0.1) is 0 Å². The molecule has 1 atom stereocenters. The third-order valence-electron chi connectivity index (χ3n) is 4.60. The zero-order valence-electron chi connectivity index (χ0n) is 13.0. The van der Waals surface area contributed by atoms with E-state index in [2.05, 4.69) is 34.5 Å². The highest BCUT2D eigenvalue weighted by Gasteiger charge is 2.34. The second kappa shape index (κ2) is 6.48. The Morgan fingerprint density at radius 3 is 2.50 bits per heavy atom. The van der Waals surface area contributed by atoms with Crippen LogP contribution in [0.2, 0.25) is 0 Å². The molecule has 1 unspecified atom stereocenters. The number of fused-ring (bicyclic) bond motifs is 1. The van der Waals surface area contributed by atoms with Crippen LogP contribution in [0, 0.1) is 0 Å². The molecule has 2 aliphatic heterocycles. The van der Waals surface area contributed by atoms with E-state index in [0.29, 0.717) is 6.54 Å². The normalized spacial score (nSPS) is 23.0. The van der Waals surface area contributed by atoms with Crippen molar-refractivity contribution in [3.05, 3.63) is 35.4 Å². The van der Waals surface area contributed by atoms with Crippen molar-refractivity contribution in [1.29, 1.82) is 0 Å². The van der Waals surface area contributed by atoms with E-state index in [1.807, 2.05) is 0 Å². The molecule has 1 aromatic carbocycles. The first-order valence-corrected chi connectivity index (χ1v) is 8.06. The average Bonchev–Trinajstić information content (AvgIpc) is 2.73. The van der Waals surface area contributed by atoms with Crippen LogP contribution in [0.3, 0.4) is 0 Å². The van der Waals surface area contributed by atoms with Gasteiger partial charge >= 0.3 is 6.03 Å². The molecule has 2 heterocycles. The molecule has 5 heteroatoms. The molecule has 5 nitrogen and oxygen atoms in total. The van der Waals surface area contributed by atoms with E-state index in [4.69, 9.17) is 0 Å². The fraction of sp³-hybridized carbons (Fsp3) is 0.529. The summed E-state index contributed by atoms with van der Waals surface area (Å²) in [6, 6.07) is 8.00. The summed E-state index contributed by atoms with van der Waals surface area (Å²) in [6.07, 6.45) is 3.26. The molecule has 1 saturated heterocycles. The third kappa shape index (κ3) is 3.14. The van der Waals surface area contributed by atoms with E-state index >= 15 is 0 Å². The van der Waals surface area contributed by atoms with Crippen LogP contribution in [0.1, 0.15) is 24.5 Å². The second-order valence-electron chi connectivity index (χ2n) is 6.12. The molecule has 3 amide bonds. The lowest BCUT2D eigenvalue weighted by Crippen LogP contribution is -2.40. The molecule has 0 aliphatic carbocycles. The van der Waals surface area contributed by atoms with Gasteiger partial charge in [-0.1, -0.05) is 24.3 Å². The van der Waals surface area contributed by atoms with E-state index in [1.165, 1.54) is 16.0 Å². The molecule has 0 spiro atoms. The monoisotopic (exact) mass is 301 g/mol. The van der Waals surface area contributed by atoms with Crippen LogP contribution in [-0.2, 0) is 17.6 Å². The van der Waals surface area contributed by atoms with Crippen LogP contribution < -0.4 is 5.32 Å². The zero-order chi connectivity index (χ0) is 15.5. The number of carbonyl (C=O) groups is 2. The van der Waals surface area contributed by atoms with Gasteiger partial charge in [0, 0.05) is 19.6 Å². The molecule has 2 aliphatic rings. The first-order valence-electron chi connectivity index (χ1n) is 8.06. The molecule has 3 rings (SSSR count). The number of nitrogens with zero attached hydrogens (tertiary/aromatic N) is 2. The number of nitrogens with one attached hydrogen (secondary N) is 1. The Morgan fingerprint density at radius 1 is 1.09 bits per heavy atom. The molecule has 1 aromatic rings. The third-order valence-corrected chi connectivity index (χ3v) is 4.60. The van der Waals surface area contributed by atoms with Gasteiger partial charge in [0.2, 0.25) is 0 Å². The van der Waals surface area contributed by atoms with Gasteiger partial charge in [-0.25, -0.2) is 4.79 Å². The van der Waals surface area contributed by atoms with Crippen LogP contribution >= 0.6 is 0 Å². The molecular formula is C17H23N3O2. The predicted octanol–water partition coefficient (Wildman–Crippen LogP) is 1.42. The Bertz CT molecular complexity index is 573. The van der Waals surface area contributed by atoms with Gasteiger partial charge in [-0.15, -0.1) is 0 Å². The summed E-state index contributed by atoms with van der Waals surface area (Å²) in [5.74, 6) is -0.109. The van der Waals surface area contributed by atoms with Crippen LogP contribution in [0.25, 0.3) is 0 Å². The van der Waals surface area contributed by atoms with E-state index in [0.717, 1.165) is 38.9 Å². The lowest BCUT2D eigenvalue weighted by Gasteiger charge is -2.27. The Labute approximate surface area is 131 Å². The van der Waals surface area contributed by atoms with Crippen molar-refractivity contribution in [1.82, 2.24) is 15.1 Å². The summed E-state index contributed by atoms with van der Waals surface area (Å²) in [5.41, 5.74) is 2.89. The summed E-state index contributed by atoms with van der Waals surface area (Å²) in [5, 5.41) is 2.66. The minimum atomic E-state index is -0.383. The number of amides is 3. The van der Waals surface area contributed by atoms with E-state index in [-0.39, 0.29) is 18.0 Å². The van der Waals surface area contributed by atoms with Crippen LogP contribution in [0.4, 0.5) is 4.79 Å². The first-order chi connectivity index (χ1) is 10.6. The second-order valence-corrected chi connectivity index (χ2v) is 6.12. The summed E-state index contributed by atoms with van der Waals surface area (Å²) in [6.45, 7) is 4.97. The highest BCUT2D eigenvalue weighted by molar-refractivity contribution is 6.03. The van der Waals surface area contributed by atoms with Crippen molar-refractivity contribution < 1.29 is 9.59 Å². The Hall–Kier alpha value is -1.88. The van der Waals surface area contributed by atoms with Crippen molar-refractivity contribution in [3.8, 4) is 0 Å². The standard InChI is InChI=1S/C17H23N3O2/c1-13-16(21)20(17(22)18-13)12-11-19-9-4-7-14-5-2-3-6-15(14)8-10-19/h2-3,5-6,13H,4,7-12H2,1H3,(H,18,22). The lowest BCUT2D eigenvalue weighted by atomic mass is 9.98. The maximum Gasteiger partial charge on any atom is 0.324 e. The topological polar surface area (TPSA) is 52.7 Å². The number of aryl methyl sites for hydroxylation is 1. The fourth-order valence-electron chi connectivity index (χ4n) is 3.26. The number of imide groups is 1. The van der Waals surface area contributed by atoms with Crippen molar-refractivity contribution in [2.45, 2.75) is 32.2 Å². The largest absolute Gasteiger partial charge is 0.326 e. The summed E-state index contributed by atoms with van der Waals surface area (Å²) >= 11 is 0. The van der Waals surface area contributed by atoms with Crippen molar-refractivity contribution >= 4 is 11.9 Å². The molecule has 118 valence electrons. The van der Waals surface area contributed by atoms with Gasteiger partial charge < -0.3 is 10.2 Å². The molecule has 1 fully saturated rings. The summed E-state index contributed by atoms with van der Waals surface area (Å²) in [4.78, 5) is 27.3. The number of hydrogen-bond donors (Lipinski definition) is 1. The van der Waals surface area contributed by atoms with E-state index in [1.54, 1.807) is 6.92 Å². The van der Waals surface area contributed by atoms with E-state index < -0.39 is 0 Å². The van der Waals surface area contributed by atoms with Gasteiger partial charge in [0.1, 0.15) is 6.04 Å². The minimum absolute atomic E-state index is 0.109. The minimum Gasteiger partial charge on any atom is -0.326 e. The maximum atomic E-state index is 11.9. The quantitative estimate of drug-likeness (QED) is 0.859. The number of benzene rings is 1. The molecule has 0 aromatic heterocycles. The molecule has 0 bridgehead atoms. The number of urea groups is 1. The van der Waals surface area contributed by atoms with Gasteiger partial charge in [-0.2, -0.15) is 0 Å². The van der Waals surface area contributed by atoms with Crippen molar-refractivity contribution in [2.75, 3.05) is 26.2 Å². The fourth-order valence-corrected chi connectivity index (χ4v) is 3.26. The highest BCUT2D eigenvalue weighted by Crippen LogP contribution is 2.16. The Morgan fingerprint density at radius 2 is 1.82 bits per heavy atom. The zero-order valence-corrected chi connectivity index (χ0v) is 13.0. The average molecular weight is 301 g/mol. The van der Waals surface area contributed by atoms with Gasteiger partial charge in [-0.3, -0.25) is 9.69 Å². The van der Waals surface area contributed by atoms with Gasteiger partial charge in [0.15, 0.2) is 0 Å².